The third-order valence-electron chi connectivity index (χ3n) is 1.61. The Morgan fingerprint density at radius 3 is 2.85 bits per heavy atom. The van der Waals surface area contributed by atoms with Gasteiger partial charge in [-0.2, -0.15) is 0 Å². The van der Waals surface area contributed by atoms with Gasteiger partial charge in [0.15, 0.2) is 11.5 Å². The molecule has 0 aliphatic heterocycles. The van der Waals surface area contributed by atoms with E-state index in [-0.39, 0.29) is 5.75 Å². The number of hydrogen-bond donors (Lipinski definition) is 1. The third kappa shape index (κ3) is 2.16. The van der Waals surface area contributed by atoms with Crippen LogP contribution in [-0.4, -0.2) is 12.2 Å². The summed E-state index contributed by atoms with van der Waals surface area (Å²) < 4.78 is 5.56. The van der Waals surface area contributed by atoms with E-state index in [1.807, 2.05) is 0 Å². The zero-order valence-corrected chi connectivity index (χ0v) is 8.76. The van der Waals surface area contributed by atoms with E-state index in [1.54, 1.807) is 12.1 Å². The van der Waals surface area contributed by atoms with Gasteiger partial charge in [-0.15, -0.1) is 12.3 Å². The highest BCUT2D eigenvalue weighted by Crippen LogP contribution is 2.35. The molecular formula is C10H9BrO2. The Morgan fingerprint density at radius 1 is 1.62 bits per heavy atom. The van der Waals surface area contributed by atoms with Gasteiger partial charge in [0.25, 0.3) is 0 Å². The molecule has 0 atom stereocenters. The normalized spacial score (nSPS) is 9.31. The van der Waals surface area contributed by atoms with Gasteiger partial charge >= 0.3 is 0 Å². The van der Waals surface area contributed by atoms with Crippen LogP contribution < -0.4 is 4.74 Å². The van der Waals surface area contributed by atoms with Gasteiger partial charge in [-0.3, -0.25) is 0 Å². The fourth-order valence-corrected chi connectivity index (χ4v) is 1.49. The summed E-state index contributed by atoms with van der Waals surface area (Å²) in [5, 5.41) is 9.47. The molecule has 1 rings (SSSR count). The minimum Gasteiger partial charge on any atom is -0.503 e. The minimum absolute atomic E-state index is 0.100. The summed E-state index contributed by atoms with van der Waals surface area (Å²) in [5.41, 5.74) is 0.934. The molecule has 0 saturated heterocycles. The van der Waals surface area contributed by atoms with Gasteiger partial charge in [0.1, 0.15) is 0 Å². The molecule has 0 spiro atoms. The lowest BCUT2D eigenvalue weighted by atomic mass is 10.1. The molecule has 0 saturated carbocycles. The molecule has 2 nitrogen and oxygen atoms in total. The maximum absolute atomic E-state index is 9.47. The molecule has 0 radical (unpaired) electrons. The Bertz CT molecular complexity index is 353. The average molecular weight is 241 g/mol. The van der Waals surface area contributed by atoms with Gasteiger partial charge < -0.3 is 9.84 Å². The molecule has 0 heterocycles. The molecule has 0 aliphatic rings. The van der Waals surface area contributed by atoms with Gasteiger partial charge in [-0.1, -0.05) is 0 Å². The van der Waals surface area contributed by atoms with E-state index in [2.05, 4.69) is 21.9 Å². The zero-order chi connectivity index (χ0) is 9.84. The van der Waals surface area contributed by atoms with Crippen LogP contribution in [0.3, 0.4) is 0 Å². The summed E-state index contributed by atoms with van der Waals surface area (Å²) in [6.45, 7) is 0. The van der Waals surface area contributed by atoms with Gasteiger partial charge in [-0.05, 0) is 33.6 Å². The van der Waals surface area contributed by atoms with Crippen molar-refractivity contribution in [1.29, 1.82) is 0 Å². The van der Waals surface area contributed by atoms with Crippen molar-refractivity contribution in [2.45, 2.75) is 6.42 Å². The number of hydrogen-bond acceptors (Lipinski definition) is 2. The predicted molar refractivity (Wildman–Crippen MR) is 54.9 cm³/mol. The zero-order valence-electron chi connectivity index (χ0n) is 7.17. The number of aromatic hydroxyl groups is 1. The lowest BCUT2D eigenvalue weighted by Crippen LogP contribution is -1.88. The maximum Gasteiger partial charge on any atom is 0.172 e. The van der Waals surface area contributed by atoms with Crippen LogP contribution in [0, 0.1) is 12.3 Å². The number of halogens is 1. The molecule has 68 valence electrons. The number of ether oxygens (including phenoxy) is 1. The van der Waals surface area contributed by atoms with E-state index < -0.39 is 0 Å². The number of phenols is 1. The van der Waals surface area contributed by atoms with Crippen LogP contribution in [0.15, 0.2) is 16.6 Å². The van der Waals surface area contributed by atoms with E-state index >= 15 is 0 Å². The Hall–Kier alpha value is -1.14. The van der Waals surface area contributed by atoms with Gasteiger partial charge in [0, 0.05) is 6.42 Å². The maximum atomic E-state index is 9.47. The number of rotatable bonds is 2. The fraction of sp³-hybridized carbons (Fsp3) is 0.200. The Labute approximate surface area is 85.7 Å². The van der Waals surface area contributed by atoms with Crippen molar-refractivity contribution in [3.05, 3.63) is 22.2 Å². The summed E-state index contributed by atoms with van der Waals surface area (Å²) in [6, 6.07) is 3.50. The number of benzene rings is 1. The summed E-state index contributed by atoms with van der Waals surface area (Å²) in [4.78, 5) is 0. The van der Waals surface area contributed by atoms with Crippen molar-refractivity contribution in [2.75, 3.05) is 7.11 Å². The Balaban J connectivity index is 3.16. The van der Waals surface area contributed by atoms with E-state index in [4.69, 9.17) is 11.2 Å². The molecule has 0 unspecified atom stereocenters. The molecule has 1 aromatic carbocycles. The van der Waals surface area contributed by atoms with Crippen LogP contribution in [0.5, 0.6) is 11.5 Å². The van der Waals surface area contributed by atoms with Crippen molar-refractivity contribution in [2.24, 2.45) is 0 Å². The largest absolute Gasteiger partial charge is 0.503 e. The Kier molecular flexibility index (Phi) is 3.21. The third-order valence-corrected chi connectivity index (χ3v) is 2.22. The van der Waals surface area contributed by atoms with Crippen LogP contribution in [0.25, 0.3) is 0 Å². The summed E-state index contributed by atoms with van der Waals surface area (Å²) >= 11 is 3.21. The van der Waals surface area contributed by atoms with E-state index in [9.17, 15) is 5.11 Å². The highest BCUT2D eigenvalue weighted by atomic mass is 79.9. The first-order valence-corrected chi connectivity index (χ1v) is 4.47. The first kappa shape index (κ1) is 9.94. The van der Waals surface area contributed by atoms with Crippen LogP contribution in [-0.2, 0) is 6.42 Å². The first-order chi connectivity index (χ1) is 6.19. The summed E-state index contributed by atoms with van der Waals surface area (Å²) in [7, 11) is 1.50. The second-order valence-electron chi connectivity index (χ2n) is 2.51. The molecule has 0 bridgehead atoms. The van der Waals surface area contributed by atoms with Crippen LogP contribution in [0.2, 0.25) is 0 Å². The van der Waals surface area contributed by atoms with E-state index in [1.165, 1.54) is 7.11 Å². The second kappa shape index (κ2) is 4.20. The fourth-order valence-electron chi connectivity index (χ4n) is 1.00. The van der Waals surface area contributed by atoms with E-state index in [0.29, 0.717) is 16.6 Å². The van der Waals surface area contributed by atoms with Crippen molar-refractivity contribution in [1.82, 2.24) is 0 Å². The molecule has 13 heavy (non-hydrogen) atoms. The highest BCUT2D eigenvalue weighted by molar-refractivity contribution is 9.10. The number of terminal acetylenes is 1. The van der Waals surface area contributed by atoms with E-state index in [0.717, 1.165) is 5.56 Å². The van der Waals surface area contributed by atoms with Crippen molar-refractivity contribution in [3.8, 4) is 23.8 Å². The SMILES string of the molecule is C#CCc1cc(Br)c(O)c(OC)c1. The number of phenolic OH excluding ortho intramolecular Hbond substituents is 1. The van der Waals surface area contributed by atoms with Crippen molar-refractivity contribution < 1.29 is 9.84 Å². The van der Waals surface area contributed by atoms with Crippen LogP contribution in [0.4, 0.5) is 0 Å². The Morgan fingerprint density at radius 2 is 2.31 bits per heavy atom. The van der Waals surface area contributed by atoms with Crippen molar-refractivity contribution in [3.63, 3.8) is 0 Å². The molecule has 1 N–H and O–H groups in total. The first-order valence-electron chi connectivity index (χ1n) is 3.68. The predicted octanol–water partition coefficient (Wildman–Crippen LogP) is 2.34. The summed E-state index contributed by atoms with van der Waals surface area (Å²) in [5.74, 6) is 3.05. The average Bonchev–Trinajstić information content (AvgIpc) is 2.11. The molecule has 0 aromatic heterocycles. The van der Waals surface area contributed by atoms with Crippen LogP contribution >= 0.6 is 15.9 Å². The van der Waals surface area contributed by atoms with Crippen molar-refractivity contribution >= 4 is 15.9 Å². The topological polar surface area (TPSA) is 29.5 Å². The molecule has 0 fully saturated rings. The van der Waals surface area contributed by atoms with Gasteiger partial charge in [0.05, 0.1) is 11.6 Å². The number of methoxy groups -OCH3 is 1. The molecular weight excluding hydrogens is 232 g/mol. The quantitative estimate of drug-likeness (QED) is 0.805. The lowest BCUT2D eigenvalue weighted by molar-refractivity contribution is 0.371. The van der Waals surface area contributed by atoms with Crippen LogP contribution in [0.1, 0.15) is 5.56 Å². The molecule has 3 heteroatoms. The monoisotopic (exact) mass is 240 g/mol. The molecule has 1 aromatic rings. The van der Waals surface area contributed by atoms with Gasteiger partial charge in [0.2, 0.25) is 0 Å². The lowest BCUT2D eigenvalue weighted by Gasteiger charge is -2.06. The second-order valence-corrected chi connectivity index (χ2v) is 3.36. The molecule has 0 amide bonds. The smallest absolute Gasteiger partial charge is 0.172 e. The minimum atomic E-state index is 0.100. The highest BCUT2D eigenvalue weighted by Gasteiger charge is 2.07. The van der Waals surface area contributed by atoms with Gasteiger partial charge in [-0.25, -0.2) is 0 Å². The molecule has 0 aliphatic carbocycles. The summed E-state index contributed by atoms with van der Waals surface area (Å²) in [6.07, 6.45) is 5.69. The standard InChI is InChI=1S/C10H9BrO2/c1-3-4-7-5-8(11)10(12)9(6-7)13-2/h1,5-6,12H,4H2,2H3.